The standard InChI is InChI=1S/C16H24F2N2O2.ClH/c1-12(2)22-14-5-3-13(4-6-14)15(16(17,18)11-21)20-9-7-19-8-10-20;/h3-6,12,15,19,21H,7-11H2,1-2H3;1H/t15-;/m1./s1. The molecule has 1 aliphatic heterocycles. The van der Waals surface area contributed by atoms with Gasteiger partial charge in [0, 0.05) is 26.2 Å². The SMILES string of the molecule is CC(C)Oc1ccc([C@@H](N2CCNCC2)C(F)(F)CO)cc1.Cl. The molecule has 1 aliphatic rings. The Labute approximate surface area is 142 Å². The molecule has 2 rings (SSSR count). The number of piperazine rings is 1. The van der Waals surface area contributed by atoms with Crippen LogP contribution in [0.2, 0.25) is 0 Å². The average Bonchev–Trinajstić information content (AvgIpc) is 2.49. The van der Waals surface area contributed by atoms with Crippen LogP contribution < -0.4 is 10.1 Å². The predicted molar refractivity (Wildman–Crippen MR) is 88.7 cm³/mol. The monoisotopic (exact) mass is 350 g/mol. The van der Waals surface area contributed by atoms with Gasteiger partial charge in [0.2, 0.25) is 0 Å². The summed E-state index contributed by atoms with van der Waals surface area (Å²) in [5, 5.41) is 12.3. The Morgan fingerprint density at radius 1 is 1.22 bits per heavy atom. The molecule has 1 fully saturated rings. The number of nitrogens with one attached hydrogen (secondary N) is 1. The average molecular weight is 351 g/mol. The summed E-state index contributed by atoms with van der Waals surface area (Å²) in [6.45, 7) is 5.08. The van der Waals surface area contributed by atoms with Crippen molar-refractivity contribution < 1.29 is 18.6 Å². The molecule has 0 aliphatic carbocycles. The zero-order valence-electron chi connectivity index (χ0n) is 13.5. The van der Waals surface area contributed by atoms with E-state index in [0.717, 1.165) is 0 Å². The summed E-state index contributed by atoms with van der Waals surface area (Å²) in [7, 11) is 0. The second-order valence-electron chi connectivity index (χ2n) is 5.84. The Morgan fingerprint density at radius 2 is 1.78 bits per heavy atom. The summed E-state index contributed by atoms with van der Waals surface area (Å²) in [6.07, 6.45) is 0.0358. The minimum Gasteiger partial charge on any atom is -0.491 e. The van der Waals surface area contributed by atoms with Crippen LogP contribution in [-0.4, -0.2) is 54.8 Å². The van der Waals surface area contributed by atoms with Crippen molar-refractivity contribution in [2.45, 2.75) is 31.9 Å². The molecule has 0 saturated carbocycles. The first-order chi connectivity index (χ1) is 10.4. The summed E-state index contributed by atoms with van der Waals surface area (Å²) < 4.78 is 34.1. The number of aliphatic hydroxyl groups excluding tert-OH is 1. The molecule has 23 heavy (non-hydrogen) atoms. The van der Waals surface area contributed by atoms with E-state index in [-0.39, 0.29) is 18.5 Å². The number of alkyl halides is 2. The predicted octanol–water partition coefficient (Wildman–Crippen LogP) is 2.47. The van der Waals surface area contributed by atoms with Gasteiger partial charge in [-0.25, -0.2) is 8.78 Å². The Kier molecular flexibility index (Phi) is 7.67. The van der Waals surface area contributed by atoms with Crippen molar-refractivity contribution in [3.05, 3.63) is 29.8 Å². The first-order valence-electron chi connectivity index (χ1n) is 7.64. The van der Waals surface area contributed by atoms with Crippen LogP contribution in [0, 0.1) is 0 Å². The van der Waals surface area contributed by atoms with Gasteiger partial charge >= 0.3 is 0 Å². The maximum Gasteiger partial charge on any atom is 0.289 e. The van der Waals surface area contributed by atoms with Crippen molar-refractivity contribution in [1.82, 2.24) is 10.2 Å². The van der Waals surface area contributed by atoms with Crippen molar-refractivity contribution in [3.8, 4) is 5.75 Å². The number of hydrogen-bond donors (Lipinski definition) is 2. The van der Waals surface area contributed by atoms with Crippen molar-refractivity contribution in [1.29, 1.82) is 0 Å². The molecule has 0 aromatic heterocycles. The Hall–Kier alpha value is -0.950. The molecule has 1 atom stereocenters. The van der Waals surface area contributed by atoms with Crippen LogP contribution in [0.3, 0.4) is 0 Å². The summed E-state index contributed by atoms with van der Waals surface area (Å²) in [5.41, 5.74) is 0.497. The molecular formula is C16H25ClF2N2O2. The first-order valence-corrected chi connectivity index (χ1v) is 7.64. The van der Waals surface area contributed by atoms with E-state index >= 15 is 0 Å². The van der Waals surface area contributed by atoms with Gasteiger partial charge in [-0.15, -0.1) is 12.4 Å². The van der Waals surface area contributed by atoms with E-state index < -0.39 is 18.6 Å². The number of ether oxygens (including phenoxy) is 1. The van der Waals surface area contributed by atoms with Gasteiger partial charge in [0.15, 0.2) is 0 Å². The Bertz CT molecular complexity index is 466. The largest absolute Gasteiger partial charge is 0.491 e. The number of aliphatic hydroxyl groups is 1. The van der Waals surface area contributed by atoms with Crippen LogP contribution in [0.5, 0.6) is 5.75 Å². The fraction of sp³-hybridized carbons (Fsp3) is 0.625. The van der Waals surface area contributed by atoms with E-state index in [2.05, 4.69) is 5.32 Å². The highest BCUT2D eigenvalue weighted by Gasteiger charge is 2.43. The molecule has 4 nitrogen and oxygen atoms in total. The number of halogens is 3. The minimum atomic E-state index is -3.18. The van der Waals surface area contributed by atoms with Gasteiger partial charge in [0.25, 0.3) is 5.92 Å². The molecule has 0 bridgehead atoms. The van der Waals surface area contributed by atoms with Crippen LogP contribution in [0.1, 0.15) is 25.5 Å². The molecule has 1 aromatic carbocycles. The molecule has 1 saturated heterocycles. The molecule has 0 unspecified atom stereocenters. The molecule has 2 N–H and O–H groups in total. The van der Waals surface area contributed by atoms with E-state index in [1.165, 1.54) is 0 Å². The Morgan fingerprint density at radius 3 is 2.26 bits per heavy atom. The highest BCUT2D eigenvalue weighted by Crippen LogP contribution is 2.37. The molecule has 1 aromatic rings. The number of benzene rings is 1. The van der Waals surface area contributed by atoms with Gasteiger partial charge in [0.1, 0.15) is 18.4 Å². The van der Waals surface area contributed by atoms with Gasteiger partial charge in [-0.1, -0.05) is 12.1 Å². The lowest BCUT2D eigenvalue weighted by atomic mass is 9.98. The van der Waals surface area contributed by atoms with Crippen LogP contribution in [0.4, 0.5) is 8.78 Å². The zero-order valence-corrected chi connectivity index (χ0v) is 14.3. The number of nitrogens with zero attached hydrogens (tertiary/aromatic N) is 1. The summed E-state index contributed by atoms with van der Waals surface area (Å²) >= 11 is 0. The highest BCUT2D eigenvalue weighted by atomic mass is 35.5. The van der Waals surface area contributed by atoms with Gasteiger partial charge in [-0.2, -0.15) is 0 Å². The number of rotatable bonds is 6. The molecule has 132 valence electrons. The van der Waals surface area contributed by atoms with Gasteiger partial charge < -0.3 is 15.2 Å². The molecule has 7 heteroatoms. The van der Waals surface area contributed by atoms with Crippen molar-refractivity contribution in [2.24, 2.45) is 0 Å². The fourth-order valence-corrected chi connectivity index (χ4v) is 2.75. The van der Waals surface area contributed by atoms with Crippen LogP contribution in [0.15, 0.2) is 24.3 Å². The summed E-state index contributed by atoms with van der Waals surface area (Å²) in [5.74, 6) is -2.53. The Balaban J connectivity index is 0.00000264. The van der Waals surface area contributed by atoms with Crippen LogP contribution >= 0.6 is 12.4 Å². The summed E-state index contributed by atoms with van der Waals surface area (Å²) in [4.78, 5) is 1.73. The van der Waals surface area contributed by atoms with E-state index in [4.69, 9.17) is 9.84 Å². The maximum atomic E-state index is 14.3. The third kappa shape index (κ3) is 5.28. The minimum absolute atomic E-state index is 0. The number of hydrogen-bond acceptors (Lipinski definition) is 4. The van der Waals surface area contributed by atoms with Crippen molar-refractivity contribution in [3.63, 3.8) is 0 Å². The highest BCUT2D eigenvalue weighted by molar-refractivity contribution is 5.85. The second-order valence-corrected chi connectivity index (χ2v) is 5.84. The molecule has 1 heterocycles. The zero-order chi connectivity index (χ0) is 16.2. The third-order valence-corrected chi connectivity index (χ3v) is 3.70. The first kappa shape index (κ1) is 20.1. The van der Waals surface area contributed by atoms with Crippen LogP contribution in [-0.2, 0) is 0 Å². The smallest absolute Gasteiger partial charge is 0.289 e. The maximum absolute atomic E-state index is 14.3. The van der Waals surface area contributed by atoms with E-state index in [1.807, 2.05) is 13.8 Å². The van der Waals surface area contributed by atoms with Gasteiger partial charge in [-0.3, -0.25) is 4.90 Å². The van der Waals surface area contributed by atoms with E-state index in [1.54, 1.807) is 29.2 Å². The lowest BCUT2D eigenvalue weighted by Gasteiger charge is -2.38. The normalized spacial score (nSPS) is 17.7. The third-order valence-electron chi connectivity index (χ3n) is 3.70. The molecule has 0 radical (unpaired) electrons. The van der Waals surface area contributed by atoms with E-state index in [0.29, 0.717) is 37.5 Å². The van der Waals surface area contributed by atoms with Gasteiger partial charge in [-0.05, 0) is 31.5 Å². The lowest BCUT2D eigenvalue weighted by Crippen LogP contribution is -2.51. The lowest BCUT2D eigenvalue weighted by molar-refractivity contribution is -0.118. The molecule has 0 amide bonds. The van der Waals surface area contributed by atoms with E-state index in [9.17, 15) is 8.78 Å². The van der Waals surface area contributed by atoms with Gasteiger partial charge in [0.05, 0.1) is 6.10 Å². The topological polar surface area (TPSA) is 44.7 Å². The van der Waals surface area contributed by atoms with Crippen molar-refractivity contribution in [2.75, 3.05) is 32.8 Å². The second kappa shape index (κ2) is 8.78. The summed E-state index contributed by atoms with van der Waals surface area (Å²) in [6, 6.07) is 5.62. The quantitative estimate of drug-likeness (QED) is 0.827. The van der Waals surface area contributed by atoms with Crippen molar-refractivity contribution >= 4 is 12.4 Å². The fourth-order valence-electron chi connectivity index (χ4n) is 2.75. The molecule has 0 spiro atoms. The van der Waals surface area contributed by atoms with Crippen LogP contribution in [0.25, 0.3) is 0 Å². The molecular weight excluding hydrogens is 326 g/mol.